The number of carbonyl (C=O) groups is 2. The number of ether oxygens (including phenoxy) is 3. The maximum absolute atomic E-state index is 11.8. The standard InChI is InChI=1S/C13H11NO8/c1-20-11(15)8-6-7-9(14(18)19)4-3-5-10(7)22-13(8,17)12(16)21-2/h3-6,17H,1-2H3. The molecule has 1 aliphatic heterocycles. The second-order valence-electron chi connectivity index (χ2n) is 4.23. The van der Waals surface area contributed by atoms with Crippen molar-refractivity contribution in [2.24, 2.45) is 0 Å². The van der Waals surface area contributed by atoms with Crippen LogP contribution in [0.5, 0.6) is 5.75 Å². The van der Waals surface area contributed by atoms with E-state index in [2.05, 4.69) is 9.47 Å². The molecular weight excluding hydrogens is 298 g/mol. The van der Waals surface area contributed by atoms with Crippen molar-refractivity contribution < 1.29 is 33.8 Å². The minimum Gasteiger partial charge on any atom is -0.465 e. The van der Waals surface area contributed by atoms with E-state index >= 15 is 0 Å². The largest absolute Gasteiger partial charge is 0.465 e. The van der Waals surface area contributed by atoms with E-state index in [9.17, 15) is 24.8 Å². The molecule has 1 aliphatic rings. The number of hydrogen-bond acceptors (Lipinski definition) is 8. The maximum Gasteiger partial charge on any atom is 0.384 e. The highest BCUT2D eigenvalue weighted by Crippen LogP contribution is 2.40. The summed E-state index contributed by atoms with van der Waals surface area (Å²) in [5.41, 5.74) is -1.05. The number of aliphatic hydroxyl groups is 1. The summed E-state index contributed by atoms with van der Waals surface area (Å²) in [5, 5.41) is 21.4. The lowest BCUT2D eigenvalue weighted by Gasteiger charge is -2.30. The van der Waals surface area contributed by atoms with Crippen LogP contribution in [0.25, 0.3) is 6.08 Å². The van der Waals surface area contributed by atoms with Crippen molar-refractivity contribution in [3.05, 3.63) is 39.4 Å². The van der Waals surface area contributed by atoms with Gasteiger partial charge in [-0.15, -0.1) is 0 Å². The number of fused-ring (bicyclic) bond motifs is 1. The highest BCUT2D eigenvalue weighted by atomic mass is 16.7. The third-order valence-corrected chi connectivity index (χ3v) is 3.02. The molecule has 0 radical (unpaired) electrons. The molecule has 0 spiro atoms. The van der Waals surface area contributed by atoms with Crippen molar-refractivity contribution in [3.8, 4) is 5.75 Å². The molecule has 1 unspecified atom stereocenters. The Morgan fingerprint density at radius 3 is 2.55 bits per heavy atom. The van der Waals surface area contributed by atoms with Gasteiger partial charge in [0, 0.05) is 6.07 Å². The molecule has 0 amide bonds. The van der Waals surface area contributed by atoms with Crippen LogP contribution in [0.15, 0.2) is 23.8 Å². The number of nitrogens with zero attached hydrogens (tertiary/aromatic N) is 1. The second kappa shape index (κ2) is 5.45. The molecule has 1 atom stereocenters. The van der Waals surface area contributed by atoms with E-state index in [1.54, 1.807) is 0 Å². The Morgan fingerprint density at radius 2 is 2.00 bits per heavy atom. The molecule has 2 rings (SSSR count). The zero-order valence-corrected chi connectivity index (χ0v) is 11.6. The van der Waals surface area contributed by atoms with Crippen LogP contribution in [0.4, 0.5) is 5.69 Å². The van der Waals surface area contributed by atoms with E-state index in [1.165, 1.54) is 18.2 Å². The lowest BCUT2D eigenvalue weighted by molar-refractivity contribution is -0.385. The maximum atomic E-state index is 11.8. The second-order valence-corrected chi connectivity index (χ2v) is 4.23. The van der Waals surface area contributed by atoms with Gasteiger partial charge in [-0.05, 0) is 12.1 Å². The highest BCUT2D eigenvalue weighted by Gasteiger charge is 2.51. The molecule has 9 nitrogen and oxygen atoms in total. The third kappa shape index (κ3) is 2.27. The third-order valence-electron chi connectivity index (χ3n) is 3.02. The van der Waals surface area contributed by atoms with Gasteiger partial charge in [-0.1, -0.05) is 6.07 Å². The van der Waals surface area contributed by atoms with Gasteiger partial charge in [-0.25, -0.2) is 9.59 Å². The fourth-order valence-corrected chi connectivity index (χ4v) is 1.98. The Hall–Kier alpha value is -2.94. The summed E-state index contributed by atoms with van der Waals surface area (Å²) in [6, 6.07) is 3.81. The van der Waals surface area contributed by atoms with Gasteiger partial charge in [-0.2, -0.15) is 0 Å². The number of hydrogen-bond donors (Lipinski definition) is 1. The van der Waals surface area contributed by atoms with Gasteiger partial charge in [-0.3, -0.25) is 10.1 Å². The van der Waals surface area contributed by atoms with Crippen molar-refractivity contribution >= 4 is 23.7 Å². The number of nitro benzene ring substituents is 1. The Labute approximate surface area is 123 Å². The molecule has 1 aromatic rings. The number of methoxy groups -OCH3 is 2. The number of rotatable bonds is 3. The Balaban J connectivity index is 2.70. The van der Waals surface area contributed by atoms with Crippen LogP contribution in [0, 0.1) is 10.1 Å². The summed E-state index contributed by atoms with van der Waals surface area (Å²) in [6.45, 7) is 0. The van der Waals surface area contributed by atoms with Gasteiger partial charge < -0.3 is 19.3 Å². The number of benzene rings is 1. The van der Waals surface area contributed by atoms with Crippen molar-refractivity contribution in [1.29, 1.82) is 0 Å². The minimum absolute atomic E-state index is 0.0681. The summed E-state index contributed by atoms with van der Waals surface area (Å²) in [6.07, 6.45) is 0.972. The summed E-state index contributed by atoms with van der Waals surface area (Å²) in [4.78, 5) is 33.9. The normalized spacial score (nSPS) is 19.3. The number of nitro groups is 1. The van der Waals surface area contributed by atoms with Crippen LogP contribution >= 0.6 is 0 Å². The van der Waals surface area contributed by atoms with Crippen molar-refractivity contribution in [1.82, 2.24) is 0 Å². The molecule has 1 aromatic carbocycles. The topological polar surface area (TPSA) is 125 Å². The van der Waals surface area contributed by atoms with E-state index in [0.717, 1.165) is 20.3 Å². The first-order chi connectivity index (χ1) is 10.3. The van der Waals surface area contributed by atoms with Crippen molar-refractivity contribution in [2.45, 2.75) is 5.79 Å². The van der Waals surface area contributed by atoms with E-state index in [1.807, 2.05) is 0 Å². The van der Waals surface area contributed by atoms with E-state index in [4.69, 9.17) is 4.74 Å². The zero-order valence-electron chi connectivity index (χ0n) is 11.6. The molecule has 1 heterocycles. The minimum atomic E-state index is -2.75. The average Bonchev–Trinajstić information content (AvgIpc) is 2.51. The Bertz CT molecular complexity index is 695. The van der Waals surface area contributed by atoms with Gasteiger partial charge in [0.2, 0.25) is 0 Å². The van der Waals surface area contributed by atoms with Crippen LogP contribution in [0.1, 0.15) is 5.56 Å². The van der Waals surface area contributed by atoms with Crippen LogP contribution < -0.4 is 4.74 Å². The first-order valence-corrected chi connectivity index (χ1v) is 5.92. The van der Waals surface area contributed by atoms with Gasteiger partial charge >= 0.3 is 17.7 Å². The number of carbonyl (C=O) groups excluding carboxylic acids is 2. The first kappa shape index (κ1) is 15.4. The average molecular weight is 309 g/mol. The summed E-state index contributed by atoms with van der Waals surface area (Å²) < 4.78 is 14.0. The van der Waals surface area contributed by atoms with Gasteiger partial charge in [0.15, 0.2) is 0 Å². The van der Waals surface area contributed by atoms with Gasteiger partial charge in [0.25, 0.3) is 5.69 Å². The lowest BCUT2D eigenvalue weighted by Crippen LogP contribution is -2.50. The smallest absolute Gasteiger partial charge is 0.384 e. The fraction of sp³-hybridized carbons (Fsp3) is 0.231. The SMILES string of the molecule is COC(=O)C1=Cc2c(cccc2[N+](=O)[O-])OC1(O)C(=O)OC. The number of esters is 2. The van der Waals surface area contributed by atoms with Crippen molar-refractivity contribution in [3.63, 3.8) is 0 Å². The highest BCUT2D eigenvalue weighted by molar-refractivity contribution is 6.04. The predicted octanol–water partition coefficient (Wildman–Crippen LogP) is 0.405. The van der Waals surface area contributed by atoms with E-state index in [0.29, 0.717) is 0 Å². The molecule has 0 saturated heterocycles. The molecule has 0 aliphatic carbocycles. The zero-order chi connectivity index (χ0) is 16.5. The van der Waals surface area contributed by atoms with Gasteiger partial charge in [0.1, 0.15) is 11.3 Å². The predicted molar refractivity (Wildman–Crippen MR) is 70.7 cm³/mol. The summed E-state index contributed by atoms with van der Waals surface area (Å²) in [7, 11) is 2.01. The molecular formula is C13H11NO8. The molecule has 0 saturated carbocycles. The quantitative estimate of drug-likeness (QED) is 0.483. The van der Waals surface area contributed by atoms with Crippen molar-refractivity contribution in [2.75, 3.05) is 14.2 Å². The summed E-state index contributed by atoms with van der Waals surface area (Å²) in [5.74, 6) is -5.24. The molecule has 0 bridgehead atoms. The molecule has 1 N–H and O–H groups in total. The van der Waals surface area contributed by atoms with Crippen LogP contribution in [-0.4, -0.2) is 42.0 Å². The molecule has 0 fully saturated rings. The lowest BCUT2D eigenvalue weighted by atomic mass is 9.97. The summed E-state index contributed by atoms with van der Waals surface area (Å²) >= 11 is 0. The molecule has 9 heteroatoms. The molecule has 116 valence electrons. The van der Waals surface area contributed by atoms with Crippen LogP contribution in [0.3, 0.4) is 0 Å². The van der Waals surface area contributed by atoms with Crippen LogP contribution in [-0.2, 0) is 19.1 Å². The molecule has 0 aromatic heterocycles. The van der Waals surface area contributed by atoms with E-state index in [-0.39, 0.29) is 17.0 Å². The first-order valence-electron chi connectivity index (χ1n) is 5.92. The molecule has 22 heavy (non-hydrogen) atoms. The Morgan fingerprint density at radius 1 is 1.32 bits per heavy atom. The monoisotopic (exact) mass is 309 g/mol. The van der Waals surface area contributed by atoms with E-state index < -0.39 is 28.2 Å². The van der Waals surface area contributed by atoms with Crippen LogP contribution in [0.2, 0.25) is 0 Å². The fourth-order valence-electron chi connectivity index (χ4n) is 1.98. The Kier molecular flexibility index (Phi) is 3.83. The van der Waals surface area contributed by atoms with Gasteiger partial charge in [0.05, 0.1) is 24.7 Å².